The quantitative estimate of drug-likeness (QED) is 0.613. The Bertz CT molecular complexity index is 886. The fraction of sp³-hybridized carbons (Fsp3) is 0.111. The molecule has 0 saturated heterocycles. The van der Waals surface area contributed by atoms with E-state index in [9.17, 15) is 17.6 Å². The molecule has 0 spiro atoms. The molecule has 0 aliphatic rings. The van der Waals surface area contributed by atoms with Gasteiger partial charge >= 0.3 is 6.36 Å². The smallest absolute Gasteiger partial charge is 0.486 e. The van der Waals surface area contributed by atoms with Crippen molar-refractivity contribution in [3.63, 3.8) is 0 Å². The van der Waals surface area contributed by atoms with E-state index in [1.807, 2.05) is 0 Å². The summed E-state index contributed by atoms with van der Waals surface area (Å²) in [5, 5.41) is 0. The topological polar surface area (TPSA) is 44.2 Å². The van der Waals surface area contributed by atoms with Crippen LogP contribution in [0.3, 0.4) is 0 Å². The van der Waals surface area contributed by atoms with Crippen LogP contribution < -0.4 is 9.47 Å². The molecule has 0 atom stereocenters. The Morgan fingerprint density at radius 2 is 1.65 bits per heavy atom. The molecule has 134 valence electrons. The molecule has 1 heterocycles. The van der Waals surface area contributed by atoms with Gasteiger partial charge in [-0.05, 0) is 35.9 Å². The maximum Gasteiger partial charge on any atom is 0.573 e. The van der Waals surface area contributed by atoms with E-state index in [-0.39, 0.29) is 12.2 Å². The van der Waals surface area contributed by atoms with Gasteiger partial charge in [0.05, 0.1) is 0 Å². The van der Waals surface area contributed by atoms with Crippen molar-refractivity contribution in [2.24, 2.45) is 0 Å². The van der Waals surface area contributed by atoms with Gasteiger partial charge in [-0.1, -0.05) is 12.1 Å². The van der Waals surface area contributed by atoms with Gasteiger partial charge in [-0.2, -0.15) is 0 Å². The molecule has 8 heteroatoms. The Morgan fingerprint density at radius 3 is 2.35 bits per heavy atom. The summed E-state index contributed by atoms with van der Waals surface area (Å²) in [6, 6.07) is 11.2. The van der Waals surface area contributed by atoms with Crippen molar-refractivity contribution in [2.75, 3.05) is 0 Å². The second-order valence-corrected chi connectivity index (χ2v) is 5.17. The number of benzene rings is 2. The predicted molar refractivity (Wildman–Crippen MR) is 84.9 cm³/mol. The molecule has 4 nitrogen and oxygen atoms in total. The Morgan fingerprint density at radius 1 is 0.885 bits per heavy atom. The van der Waals surface area contributed by atoms with E-state index in [4.69, 9.17) is 4.74 Å². The van der Waals surface area contributed by atoms with Crippen molar-refractivity contribution in [3.05, 3.63) is 72.6 Å². The predicted octanol–water partition coefficient (Wildman–Crippen LogP) is 4.76. The summed E-state index contributed by atoms with van der Waals surface area (Å²) in [5.74, 6) is -0.523. The van der Waals surface area contributed by atoms with Crippen LogP contribution in [0, 0.1) is 5.82 Å². The molecule has 0 fully saturated rings. The van der Waals surface area contributed by atoms with Crippen LogP contribution in [0.5, 0.6) is 11.5 Å². The first-order chi connectivity index (χ1) is 12.4. The lowest BCUT2D eigenvalue weighted by Crippen LogP contribution is -2.17. The molecule has 26 heavy (non-hydrogen) atoms. The second-order valence-electron chi connectivity index (χ2n) is 5.17. The minimum atomic E-state index is -4.87. The third-order valence-corrected chi connectivity index (χ3v) is 3.31. The number of aromatic nitrogens is 2. The number of halogens is 4. The van der Waals surface area contributed by atoms with Crippen LogP contribution in [-0.2, 0) is 6.61 Å². The zero-order chi connectivity index (χ0) is 18.6. The highest BCUT2D eigenvalue weighted by Crippen LogP contribution is 2.31. The van der Waals surface area contributed by atoms with Gasteiger partial charge in [0.1, 0.15) is 23.9 Å². The molecule has 3 rings (SSSR count). The van der Waals surface area contributed by atoms with Crippen molar-refractivity contribution >= 4 is 0 Å². The van der Waals surface area contributed by atoms with Crippen molar-refractivity contribution in [3.8, 4) is 22.6 Å². The normalized spacial score (nSPS) is 11.2. The highest BCUT2D eigenvalue weighted by atomic mass is 19.4. The summed E-state index contributed by atoms with van der Waals surface area (Å²) in [6.45, 7) is 0.130. The molecule has 0 saturated carbocycles. The first-order valence-electron chi connectivity index (χ1n) is 7.45. The fourth-order valence-electron chi connectivity index (χ4n) is 2.23. The van der Waals surface area contributed by atoms with E-state index in [2.05, 4.69) is 14.7 Å². The molecule has 0 aliphatic carbocycles. The van der Waals surface area contributed by atoms with Crippen LogP contribution in [0.15, 0.2) is 60.9 Å². The second kappa shape index (κ2) is 7.38. The third-order valence-electron chi connectivity index (χ3n) is 3.31. The number of hydrogen-bond acceptors (Lipinski definition) is 4. The van der Waals surface area contributed by atoms with Crippen LogP contribution in [0.1, 0.15) is 5.82 Å². The van der Waals surface area contributed by atoms with Crippen molar-refractivity contribution in [2.45, 2.75) is 13.0 Å². The number of nitrogens with zero attached hydrogens (tertiary/aromatic N) is 2. The van der Waals surface area contributed by atoms with Gasteiger partial charge in [0.25, 0.3) is 0 Å². The van der Waals surface area contributed by atoms with Crippen molar-refractivity contribution in [1.29, 1.82) is 0 Å². The molecule has 0 bridgehead atoms. The SMILES string of the molecule is Fc1cc(OC(F)(F)F)ccc1-c1cccc(OCc2ncccn2)c1. The summed E-state index contributed by atoms with van der Waals surface area (Å²) in [4.78, 5) is 8.05. The monoisotopic (exact) mass is 364 g/mol. The number of rotatable bonds is 5. The van der Waals surface area contributed by atoms with Crippen LogP contribution >= 0.6 is 0 Å². The minimum absolute atomic E-state index is 0.126. The highest BCUT2D eigenvalue weighted by Gasteiger charge is 2.31. The Balaban J connectivity index is 1.77. The summed E-state index contributed by atoms with van der Waals surface area (Å²) in [5.41, 5.74) is 0.577. The molecule has 0 amide bonds. The zero-order valence-electron chi connectivity index (χ0n) is 13.2. The van der Waals surface area contributed by atoms with Crippen molar-refractivity contribution < 1.29 is 27.0 Å². The lowest BCUT2D eigenvalue weighted by atomic mass is 10.0. The van der Waals surface area contributed by atoms with Crippen LogP contribution in [-0.4, -0.2) is 16.3 Å². The largest absolute Gasteiger partial charge is 0.573 e. The summed E-state index contributed by atoms with van der Waals surface area (Å²) in [7, 11) is 0. The molecule has 0 unspecified atom stereocenters. The summed E-state index contributed by atoms with van der Waals surface area (Å²) in [6.07, 6.45) is -1.70. The molecule has 0 N–H and O–H groups in total. The summed E-state index contributed by atoms with van der Waals surface area (Å²) >= 11 is 0. The molecular weight excluding hydrogens is 352 g/mol. The Labute approximate surface area is 146 Å². The lowest BCUT2D eigenvalue weighted by molar-refractivity contribution is -0.274. The van der Waals surface area contributed by atoms with Gasteiger partial charge in [0.2, 0.25) is 0 Å². The highest BCUT2D eigenvalue weighted by molar-refractivity contribution is 5.66. The average Bonchev–Trinajstić information content (AvgIpc) is 2.60. The van der Waals surface area contributed by atoms with Gasteiger partial charge in [-0.15, -0.1) is 13.2 Å². The molecule has 3 aromatic rings. The van der Waals surface area contributed by atoms with E-state index in [1.54, 1.807) is 42.7 Å². The maximum atomic E-state index is 14.2. The van der Waals surface area contributed by atoms with Crippen molar-refractivity contribution in [1.82, 2.24) is 9.97 Å². The number of hydrogen-bond donors (Lipinski definition) is 0. The molecule has 2 aromatic carbocycles. The van der Waals surface area contributed by atoms with Crippen LogP contribution in [0.4, 0.5) is 17.6 Å². The van der Waals surface area contributed by atoms with Gasteiger partial charge in [-0.3, -0.25) is 0 Å². The fourth-order valence-corrected chi connectivity index (χ4v) is 2.23. The van der Waals surface area contributed by atoms with Crippen LogP contribution in [0.25, 0.3) is 11.1 Å². The van der Waals surface area contributed by atoms with E-state index in [0.29, 0.717) is 23.2 Å². The lowest BCUT2D eigenvalue weighted by Gasteiger charge is -2.11. The number of ether oxygens (including phenoxy) is 2. The zero-order valence-corrected chi connectivity index (χ0v) is 13.2. The standard InChI is InChI=1S/C18H12F4N2O2/c19-16-10-14(26-18(20,21)22)5-6-15(16)12-3-1-4-13(9-12)25-11-17-23-7-2-8-24-17/h1-10H,11H2. The Kier molecular flexibility index (Phi) is 5.01. The van der Waals surface area contributed by atoms with Gasteiger partial charge in [0, 0.05) is 24.0 Å². The van der Waals surface area contributed by atoms with Gasteiger partial charge in [-0.25, -0.2) is 14.4 Å². The third kappa shape index (κ3) is 4.69. The first kappa shape index (κ1) is 17.7. The molecule has 1 aromatic heterocycles. The van der Waals surface area contributed by atoms with E-state index < -0.39 is 17.9 Å². The summed E-state index contributed by atoms with van der Waals surface area (Å²) < 4.78 is 60.1. The van der Waals surface area contributed by atoms with Gasteiger partial charge in [0.15, 0.2) is 5.82 Å². The minimum Gasteiger partial charge on any atom is -0.486 e. The number of alkyl halides is 3. The Hall–Kier alpha value is -3.16. The van der Waals surface area contributed by atoms with E-state index in [0.717, 1.165) is 6.07 Å². The van der Waals surface area contributed by atoms with Gasteiger partial charge < -0.3 is 9.47 Å². The molecule has 0 radical (unpaired) electrons. The maximum absolute atomic E-state index is 14.2. The molecular formula is C18H12F4N2O2. The van der Waals surface area contributed by atoms with E-state index >= 15 is 0 Å². The molecule has 0 aliphatic heterocycles. The van der Waals surface area contributed by atoms with Crippen LogP contribution in [0.2, 0.25) is 0 Å². The van der Waals surface area contributed by atoms with E-state index in [1.165, 1.54) is 6.07 Å². The first-order valence-corrected chi connectivity index (χ1v) is 7.45. The average molecular weight is 364 g/mol.